The minimum Gasteiger partial charge on any atom is -0.481 e. The van der Waals surface area contributed by atoms with Crippen LogP contribution < -0.4 is 0 Å². The molecule has 0 radical (unpaired) electrons. The van der Waals surface area contributed by atoms with Gasteiger partial charge in [0.1, 0.15) is 0 Å². The third kappa shape index (κ3) is 22.5. The summed E-state index contributed by atoms with van der Waals surface area (Å²) in [6, 6.07) is 0. The first-order valence-electron chi connectivity index (χ1n) is 5.02. The predicted molar refractivity (Wildman–Crippen MR) is 55.3 cm³/mol. The van der Waals surface area contributed by atoms with Crippen LogP contribution in [0, 0.1) is 0 Å². The standard InChI is InChI=1S/C7H16O2.C3H6O2/c1-3-4-5-9-6-7(2)8;1-2-3(4)5/h7-8H,3-6H2,1-2H3;2H2,1H3,(H,4,5). The molecule has 0 aliphatic carbocycles. The average Bonchev–Trinajstić information content (AvgIpc) is 2.13. The minimum absolute atomic E-state index is 0.222. The lowest BCUT2D eigenvalue weighted by Gasteiger charge is -2.03. The highest BCUT2D eigenvalue weighted by Gasteiger charge is 1.92. The van der Waals surface area contributed by atoms with Crippen molar-refractivity contribution in [2.24, 2.45) is 0 Å². The van der Waals surface area contributed by atoms with Gasteiger partial charge in [0.25, 0.3) is 0 Å². The first-order chi connectivity index (χ1) is 6.54. The van der Waals surface area contributed by atoms with E-state index >= 15 is 0 Å². The van der Waals surface area contributed by atoms with Gasteiger partial charge in [0, 0.05) is 13.0 Å². The molecule has 1 unspecified atom stereocenters. The maximum Gasteiger partial charge on any atom is 0.303 e. The Kier molecular flexibility index (Phi) is 14.0. The monoisotopic (exact) mass is 206 g/mol. The van der Waals surface area contributed by atoms with Crippen molar-refractivity contribution >= 4 is 5.97 Å². The average molecular weight is 206 g/mol. The van der Waals surface area contributed by atoms with E-state index < -0.39 is 5.97 Å². The second-order valence-electron chi connectivity index (χ2n) is 3.02. The van der Waals surface area contributed by atoms with Crippen molar-refractivity contribution in [3.8, 4) is 0 Å². The summed E-state index contributed by atoms with van der Waals surface area (Å²) in [5, 5.41) is 16.4. The van der Waals surface area contributed by atoms with Gasteiger partial charge in [-0.2, -0.15) is 0 Å². The Labute approximate surface area is 85.9 Å². The van der Waals surface area contributed by atoms with Crippen LogP contribution in [-0.4, -0.2) is 35.5 Å². The van der Waals surface area contributed by atoms with Gasteiger partial charge in [-0.05, 0) is 13.3 Å². The SMILES string of the molecule is CCC(=O)O.CCCCOCC(C)O. The van der Waals surface area contributed by atoms with Gasteiger partial charge in [-0.15, -0.1) is 0 Å². The Balaban J connectivity index is 0. The Morgan fingerprint density at radius 2 is 1.93 bits per heavy atom. The van der Waals surface area contributed by atoms with Crippen LogP contribution in [0.25, 0.3) is 0 Å². The molecule has 0 rings (SSSR count). The zero-order chi connectivity index (χ0) is 11.4. The normalized spacial score (nSPS) is 11.4. The number of carbonyl (C=O) groups is 1. The van der Waals surface area contributed by atoms with Crippen molar-refractivity contribution < 1.29 is 19.7 Å². The number of carboxylic acids is 1. The number of aliphatic hydroxyl groups is 1. The number of carboxylic acid groups (broad SMARTS) is 1. The molecule has 0 aromatic rings. The number of aliphatic hydroxyl groups excluding tert-OH is 1. The lowest BCUT2D eigenvalue weighted by Crippen LogP contribution is -2.10. The summed E-state index contributed by atoms with van der Waals surface area (Å²) in [7, 11) is 0. The molecule has 0 aromatic carbocycles. The van der Waals surface area contributed by atoms with Gasteiger partial charge in [-0.25, -0.2) is 0 Å². The summed E-state index contributed by atoms with van der Waals surface area (Å²) >= 11 is 0. The molecule has 0 amide bonds. The highest BCUT2D eigenvalue weighted by atomic mass is 16.5. The molecule has 0 heterocycles. The van der Waals surface area contributed by atoms with Crippen LogP contribution in [0.15, 0.2) is 0 Å². The quantitative estimate of drug-likeness (QED) is 0.649. The van der Waals surface area contributed by atoms with Gasteiger partial charge in [-0.3, -0.25) is 4.79 Å². The van der Waals surface area contributed by atoms with Crippen LogP contribution >= 0.6 is 0 Å². The lowest BCUT2D eigenvalue weighted by molar-refractivity contribution is -0.136. The first-order valence-corrected chi connectivity index (χ1v) is 5.02. The lowest BCUT2D eigenvalue weighted by atomic mass is 10.4. The van der Waals surface area contributed by atoms with Crippen LogP contribution in [0.1, 0.15) is 40.0 Å². The molecule has 86 valence electrons. The zero-order valence-corrected chi connectivity index (χ0v) is 9.32. The van der Waals surface area contributed by atoms with E-state index in [1.54, 1.807) is 13.8 Å². The molecule has 0 spiro atoms. The molecule has 0 aliphatic heterocycles. The van der Waals surface area contributed by atoms with Crippen molar-refractivity contribution in [3.63, 3.8) is 0 Å². The molecule has 0 fully saturated rings. The van der Waals surface area contributed by atoms with Crippen LogP contribution in [0.2, 0.25) is 0 Å². The van der Waals surface area contributed by atoms with Crippen molar-refractivity contribution in [1.82, 2.24) is 0 Å². The number of hydrogen-bond donors (Lipinski definition) is 2. The van der Waals surface area contributed by atoms with E-state index in [1.165, 1.54) is 0 Å². The summed E-state index contributed by atoms with van der Waals surface area (Å²) in [5.41, 5.74) is 0. The molecule has 0 saturated heterocycles. The van der Waals surface area contributed by atoms with Crippen LogP contribution in [-0.2, 0) is 9.53 Å². The number of rotatable bonds is 6. The topological polar surface area (TPSA) is 66.8 Å². The molecule has 14 heavy (non-hydrogen) atoms. The van der Waals surface area contributed by atoms with E-state index in [2.05, 4.69) is 6.92 Å². The summed E-state index contributed by atoms with van der Waals surface area (Å²) in [4.78, 5) is 9.37. The van der Waals surface area contributed by atoms with Crippen molar-refractivity contribution in [2.75, 3.05) is 13.2 Å². The van der Waals surface area contributed by atoms with Crippen molar-refractivity contribution in [2.45, 2.75) is 46.1 Å². The van der Waals surface area contributed by atoms with E-state index in [1.807, 2.05) is 0 Å². The maximum atomic E-state index is 9.37. The minimum atomic E-state index is -0.745. The van der Waals surface area contributed by atoms with Gasteiger partial charge >= 0.3 is 5.97 Å². The van der Waals surface area contributed by atoms with Crippen LogP contribution in [0.4, 0.5) is 0 Å². The highest BCUT2D eigenvalue weighted by Crippen LogP contribution is 1.89. The molecule has 0 aliphatic rings. The van der Waals surface area contributed by atoms with Gasteiger partial charge in [0.05, 0.1) is 12.7 Å². The molecular formula is C10H22O4. The fourth-order valence-electron chi connectivity index (χ4n) is 0.500. The maximum absolute atomic E-state index is 9.37. The number of aliphatic carboxylic acids is 1. The Hall–Kier alpha value is -0.610. The fraction of sp³-hybridized carbons (Fsp3) is 0.900. The second kappa shape index (κ2) is 12.4. The Bertz CT molecular complexity index is 123. The van der Waals surface area contributed by atoms with Crippen LogP contribution in [0.5, 0.6) is 0 Å². The molecule has 4 heteroatoms. The molecule has 4 nitrogen and oxygen atoms in total. The van der Waals surface area contributed by atoms with Gasteiger partial charge < -0.3 is 14.9 Å². The first kappa shape index (κ1) is 15.8. The smallest absolute Gasteiger partial charge is 0.303 e. The van der Waals surface area contributed by atoms with Crippen molar-refractivity contribution in [1.29, 1.82) is 0 Å². The summed E-state index contributed by atoms with van der Waals surface area (Å²) < 4.78 is 5.09. The predicted octanol–water partition coefficient (Wildman–Crippen LogP) is 1.66. The summed E-state index contributed by atoms with van der Waals surface area (Å²) in [5.74, 6) is -0.745. The van der Waals surface area contributed by atoms with E-state index in [9.17, 15) is 4.79 Å². The van der Waals surface area contributed by atoms with Gasteiger partial charge in [0.15, 0.2) is 0 Å². The van der Waals surface area contributed by atoms with E-state index in [0.717, 1.165) is 19.4 Å². The van der Waals surface area contributed by atoms with E-state index in [-0.39, 0.29) is 12.5 Å². The Morgan fingerprint density at radius 1 is 1.43 bits per heavy atom. The van der Waals surface area contributed by atoms with Gasteiger partial charge in [-0.1, -0.05) is 20.3 Å². The van der Waals surface area contributed by atoms with E-state index in [0.29, 0.717) is 6.61 Å². The van der Waals surface area contributed by atoms with Crippen LogP contribution in [0.3, 0.4) is 0 Å². The summed E-state index contributed by atoms with van der Waals surface area (Å²) in [6.07, 6.45) is 2.15. The molecule has 1 atom stereocenters. The zero-order valence-electron chi connectivity index (χ0n) is 9.32. The number of hydrogen-bond acceptors (Lipinski definition) is 3. The molecular weight excluding hydrogens is 184 g/mol. The molecule has 0 saturated carbocycles. The van der Waals surface area contributed by atoms with E-state index in [4.69, 9.17) is 14.9 Å². The molecule has 0 bridgehead atoms. The second-order valence-corrected chi connectivity index (χ2v) is 3.02. The largest absolute Gasteiger partial charge is 0.481 e. The summed E-state index contributed by atoms with van der Waals surface area (Å²) in [6.45, 7) is 6.70. The number of ether oxygens (including phenoxy) is 1. The van der Waals surface area contributed by atoms with Crippen molar-refractivity contribution in [3.05, 3.63) is 0 Å². The third-order valence-corrected chi connectivity index (χ3v) is 1.30. The van der Waals surface area contributed by atoms with Gasteiger partial charge in [0.2, 0.25) is 0 Å². The highest BCUT2D eigenvalue weighted by molar-refractivity contribution is 5.66. The molecule has 0 aromatic heterocycles. The fourth-order valence-corrected chi connectivity index (χ4v) is 0.500. The molecule has 2 N–H and O–H groups in total. The Morgan fingerprint density at radius 3 is 2.21 bits per heavy atom. The number of unbranched alkanes of at least 4 members (excludes halogenated alkanes) is 1. The third-order valence-electron chi connectivity index (χ3n) is 1.30.